The second kappa shape index (κ2) is 8.70. The molecule has 146 valence electrons. The molecule has 1 saturated carbocycles. The predicted molar refractivity (Wildman–Crippen MR) is 102 cm³/mol. The lowest BCUT2D eigenvalue weighted by Gasteiger charge is -2.36. The molecule has 2 aliphatic rings. The van der Waals surface area contributed by atoms with Crippen molar-refractivity contribution in [2.45, 2.75) is 56.7 Å². The van der Waals surface area contributed by atoms with Gasteiger partial charge in [-0.2, -0.15) is 0 Å². The Morgan fingerprint density at radius 2 is 1.88 bits per heavy atom. The van der Waals surface area contributed by atoms with Crippen LogP contribution in [-0.2, 0) is 4.74 Å². The van der Waals surface area contributed by atoms with Crippen molar-refractivity contribution in [2.75, 3.05) is 39.5 Å². The van der Waals surface area contributed by atoms with Crippen molar-refractivity contribution < 1.29 is 19.7 Å². The standard InChI is InChI=1S/C21H33NO4/c1-18-7-6-8-19(13-18)26-17-21(24)15-22(11-12-25-16-21)14-20(23)9-4-2-3-5-10-20/h6-8,13,23-24H,2-5,9-12,14-17H2,1H3/t21-/m1/s1. The Morgan fingerprint density at radius 1 is 1.12 bits per heavy atom. The molecule has 1 heterocycles. The highest BCUT2D eigenvalue weighted by Crippen LogP contribution is 2.29. The third kappa shape index (κ3) is 5.68. The molecule has 1 aromatic carbocycles. The Hall–Kier alpha value is -1.14. The monoisotopic (exact) mass is 363 g/mol. The van der Waals surface area contributed by atoms with E-state index in [1.165, 1.54) is 12.8 Å². The molecule has 0 bridgehead atoms. The highest BCUT2D eigenvalue weighted by Gasteiger charge is 2.37. The fourth-order valence-electron chi connectivity index (χ4n) is 4.10. The summed E-state index contributed by atoms with van der Waals surface area (Å²) in [6, 6.07) is 7.84. The first-order chi connectivity index (χ1) is 12.5. The largest absolute Gasteiger partial charge is 0.490 e. The van der Waals surface area contributed by atoms with Crippen molar-refractivity contribution >= 4 is 0 Å². The number of β-amino-alcohol motifs (C(OH)–C–C–N with tert-alkyl or cyclic N) is 2. The van der Waals surface area contributed by atoms with Gasteiger partial charge in [0.25, 0.3) is 0 Å². The Labute approximate surface area is 156 Å². The molecule has 0 radical (unpaired) electrons. The number of nitrogens with zero attached hydrogens (tertiary/aromatic N) is 1. The fraction of sp³-hybridized carbons (Fsp3) is 0.714. The van der Waals surface area contributed by atoms with E-state index in [0.717, 1.165) is 43.5 Å². The molecular formula is C21H33NO4. The summed E-state index contributed by atoms with van der Waals surface area (Å²) in [4.78, 5) is 2.15. The van der Waals surface area contributed by atoms with Crippen LogP contribution in [0.4, 0.5) is 0 Å². The van der Waals surface area contributed by atoms with Crippen molar-refractivity contribution in [3.63, 3.8) is 0 Å². The molecule has 1 aliphatic heterocycles. The molecule has 1 atom stereocenters. The first kappa shape index (κ1) is 19.6. The van der Waals surface area contributed by atoms with Crippen LogP contribution in [0, 0.1) is 6.92 Å². The van der Waals surface area contributed by atoms with Gasteiger partial charge >= 0.3 is 0 Å². The minimum Gasteiger partial charge on any atom is -0.490 e. The lowest BCUT2D eigenvalue weighted by molar-refractivity contribution is -0.0733. The Morgan fingerprint density at radius 3 is 2.62 bits per heavy atom. The van der Waals surface area contributed by atoms with Gasteiger partial charge in [0.15, 0.2) is 0 Å². The molecule has 5 heteroatoms. The van der Waals surface area contributed by atoms with Crippen LogP contribution in [0.1, 0.15) is 44.1 Å². The molecule has 1 aromatic rings. The molecule has 3 rings (SSSR count). The molecule has 0 spiro atoms. The lowest BCUT2D eigenvalue weighted by atomic mass is 9.93. The SMILES string of the molecule is Cc1cccc(OC[C@]2(O)COCCN(CC3(O)CCCCCC3)C2)c1. The lowest BCUT2D eigenvalue weighted by Crippen LogP contribution is -2.52. The van der Waals surface area contributed by atoms with E-state index in [2.05, 4.69) is 4.90 Å². The van der Waals surface area contributed by atoms with Gasteiger partial charge < -0.3 is 19.7 Å². The van der Waals surface area contributed by atoms with Gasteiger partial charge in [0.2, 0.25) is 0 Å². The predicted octanol–water partition coefficient (Wildman–Crippen LogP) is 2.52. The third-order valence-electron chi connectivity index (χ3n) is 5.49. The van der Waals surface area contributed by atoms with Crippen LogP contribution in [0.5, 0.6) is 5.75 Å². The van der Waals surface area contributed by atoms with Gasteiger partial charge in [0.1, 0.15) is 18.0 Å². The zero-order valence-electron chi connectivity index (χ0n) is 16.0. The van der Waals surface area contributed by atoms with Crippen LogP contribution >= 0.6 is 0 Å². The summed E-state index contributed by atoms with van der Waals surface area (Å²) in [6.45, 7) is 4.83. The van der Waals surface area contributed by atoms with Crippen LogP contribution in [0.25, 0.3) is 0 Å². The van der Waals surface area contributed by atoms with E-state index < -0.39 is 11.2 Å². The summed E-state index contributed by atoms with van der Waals surface area (Å²) in [7, 11) is 0. The fourth-order valence-corrected chi connectivity index (χ4v) is 4.10. The molecule has 26 heavy (non-hydrogen) atoms. The molecular weight excluding hydrogens is 330 g/mol. The first-order valence-corrected chi connectivity index (χ1v) is 9.91. The highest BCUT2D eigenvalue weighted by atomic mass is 16.5. The van der Waals surface area contributed by atoms with Crippen LogP contribution in [0.3, 0.4) is 0 Å². The van der Waals surface area contributed by atoms with Crippen LogP contribution in [0.15, 0.2) is 24.3 Å². The van der Waals surface area contributed by atoms with Crippen molar-refractivity contribution in [1.29, 1.82) is 0 Å². The summed E-state index contributed by atoms with van der Waals surface area (Å²) in [5, 5.41) is 22.1. The Bertz CT molecular complexity index is 571. The summed E-state index contributed by atoms with van der Waals surface area (Å²) < 4.78 is 11.5. The van der Waals surface area contributed by atoms with E-state index in [1.54, 1.807) is 0 Å². The second-order valence-corrected chi connectivity index (χ2v) is 8.23. The van der Waals surface area contributed by atoms with E-state index >= 15 is 0 Å². The smallest absolute Gasteiger partial charge is 0.134 e. The van der Waals surface area contributed by atoms with Gasteiger partial charge in [-0.05, 0) is 37.5 Å². The minimum atomic E-state index is -1.07. The molecule has 0 unspecified atom stereocenters. The topological polar surface area (TPSA) is 62.2 Å². The molecule has 0 aromatic heterocycles. The number of aliphatic hydroxyl groups is 2. The zero-order chi connectivity index (χ0) is 18.5. The van der Waals surface area contributed by atoms with Crippen molar-refractivity contribution in [3.05, 3.63) is 29.8 Å². The number of benzene rings is 1. The van der Waals surface area contributed by atoms with Crippen molar-refractivity contribution in [1.82, 2.24) is 4.90 Å². The van der Waals surface area contributed by atoms with E-state index in [9.17, 15) is 10.2 Å². The van der Waals surface area contributed by atoms with Crippen molar-refractivity contribution in [2.24, 2.45) is 0 Å². The zero-order valence-corrected chi connectivity index (χ0v) is 16.0. The summed E-state index contributed by atoms with van der Waals surface area (Å²) >= 11 is 0. The molecule has 5 nitrogen and oxygen atoms in total. The van der Waals surface area contributed by atoms with Gasteiger partial charge in [-0.1, -0.05) is 37.8 Å². The molecule has 2 N–H and O–H groups in total. The molecule has 1 saturated heterocycles. The van der Waals surface area contributed by atoms with E-state index in [0.29, 0.717) is 19.7 Å². The highest BCUT2D eigenvalue weighted by molar-refractivity contribution is 5.27. The summed E-state index contributed by atoms with van der Waals surface area (Å²) in [5.41, 5.74) is -0.579. The van der Waals surface area contributed by atoms with Crippen LogP contribution < -0.4 is 4.74 Å². The molecule has 1 aliphatic carbocycles. The van der Waals surface area contributed by atoms with E-state index in [4.69, 9.17) is 9.47 Å². The number of hydrogen-bond donors (Lipinski definition) is 2. The average Bonchev–Trinajstić information content (AvgIpc) is 2.92. The molecule has 2 fully saturated rings. The Kier molecular flexibility index (Phi) is 6.56. The summed E-state index contributed by atoms with van der Waals surface area (Å²) in [5.74, 6) is 0.761. The first-order valence-electron chi connectivity index (χ1n) is 9.91. The normalized spacial score (nSPS) is 27.5. The van der Waals surface area contributed by atoms with Gasteiger partial charge in [-0.25, -0.2) is 0 Å². The van der Waals surface area contributed by atoms with E-state index in [1.807, 2.05) is 31.2 Å². The minimum absolute atomic E-state index is 0.186. The average molecular weight is 363 g/mol. The van der Waals surface area contributed by atoms with E-state index in [-0.39, 0.29) is 13.2 Å². The number of hydrogen-bond acceptors (Lipinski definition) is 5. The molecule has 0 amide bonds. The Balaban J connectivity index is 1.60. The van der Waals surface area contributed by atoms with Crippen LogP contribution in [-0.4, -0.2) is 65.8 Å². The number of aryl methyl sites for hydroxylation is 1. The van der Waals surface area contributed by atoms with Gasteiger partial charge in [-0.15, -0.1) is 0 Å². The quantitative estimate of drug-likeness (QED) is 0.787. The van der Waals surface area contributed by atoms with Crippen molar-refractivity contribution in [3.8, 4) is 5.75 Å². The number of ether oxygens (including phenoxy) is 2. The maximum Gasteiger partial charge on any atom is 0.134 e. The van der Waals surface area contributed by atoms with Crippen LogP contribution in [0.2, 0.25) is 0 Å². The van der Waals surface area contributed by atoms with Gasteiger partial charge in [0.05, 0.1) is 18.8 Å². The number of rotatable bonds is 5. The third-order valence-corrected chi connectivity index (χ3v) is 5.49. The summed E-state index contributed by atoms with van der Waals surface area (Å²) in [6.07, 6.45) is 6.29. The maximum atomic E-state index is 11.0. The van der Waals surface area contributed by atoms with Gasteiger partial charge in [-0.3, -0.25) is 4.90 Å². The maximum absolute atomic E-state index is 11.0. The second-order valence-electron chi connectivity index (χ2n) is 8.23. The van der Waals surface area contributed by atoms with Gasteiger partial charge in [0, 0.05) is 19.6 Å².